The smallest absolute Gasteiger partial charge is 0.437 e. The van der Waals surface area contributed by atoms with Gasteiger partial charge in [-0.1, -0.05) is 48.9 Å². The molecule has 0 unspecified atom stereocenters. The van der Waals surface area contributed by atoms with Crippen LogP contribution >= 0.6 is 34.2 Å². The fraction of sp³-hybridized carbons (Fsp3) is 0.280. The normalized spacial score (nSPS) is 11.8. The van der Waals surface area contributed by atoms with E-state index in [-0.39, 0.29) is 0 Å². The third-order valence-electron chi connectivity index (χ3n) is 5.16. The van der Waals surface area contributed by atoms with Crippen molar-refractivity contribution in [2.45, 2.75) is 45.6 Å². The Balaban J connectivity index is 2.10. The molecule has 0 atom stereocenters. The Morgan fingerprint density at radius 2 is 1.88 bits per heavy atom. The summed E-state index contributed by atoms with van der Waals surface area (Å²) in [6, 6.07) is 16.6. The van der Waals surface area contributed by atoms with Crippen molar-refractivity contribution in [2.75, 3.05) is 5.01 Å². The van der Waals surface area contributed by atoms with E-state index in [0.717, 1.165) is 25.2 Å². The van der Waals surface area contributed by atoms with Gasteiger partial charge in [-0.3, -0.25) is 4.79 Å². The minimum Gasteiger partial charge on any atom is -0.442 e. The lowest BCUT2D eigenvalue weighted by Crippen LogP contribution is -2.49. The van der Waals surface area contributed by atoms with E-state index < -0.39 is 17.6 Å². The van der Waals surface area contributed by atoms with E-state index in [0.29, 0.717) is 24.8 Å². The maximum Gasteiger partial charge on any atom is 0.437 e. The molecule has 168 valence electrons. The molecule has 32 heavy (non-hydrogen) atoms. The zero-order valence-electron chi connectivity index (χ0n) is 18.3. The molecule has 1 aromatic heterocycles. The van der Waals surface area contributed by atoms with E-state index in [9.17, 15) is 9.59 Å². The molecule has 3 aromatic rings. The summed E-state index contributed by atoms with van der Waals surface area (Å²) >= 11 is 7.88. The maximum absolute atomic E-state index is 13.6. The summed E-state index contributed by atoms with van der Waals surface area (Å²) in [4.78, 5) is 27.1. The third kappa shape index (κ3) is 5.35. The van der Waals surface area contributed by atoms with Gasteiger partial charge in [0.05, 0.1) is 5.52 Å². The summed E-state index contributed by atoms with van der Waals surface area (Å²) in [5.74, 6) is -0.446. The number of ether oxygens (including phenoxy) is 1. The summed E-state index contributed by atoms with van der Waals surface area (Å²) in [5.41, 5.74) is 2.68. The highest BCUT2D eigenvalue weighted by Crippen LogP contribution is 2.27. The van der Waals surface area contributed by atoms with Gasteiger partial charge in [0.2, 0.25) is 0 Å². The van der Waals surface area contributed by atoms with Gasteiger partial charge in [0.1, 0.15) is 5.60 Å². The van der Waals surface area contributed by atoms with Crippen molar-refractivity contribution in [2.24, 2.45) is 0 Å². The minimum absolute atomic E-state index is 0.405. The van der Waals surface area contributed by atoms with Crippen molar-refractivity contribution in [3.63, 3.8) is 0 Å². The number of rotatable bonds is 7. The van der Waals surface area contributed by atoms with Crippen LogP contribution in [0.1, 0.15) is 49.7 Å². The van der Waals surface area contributed by atoms with Gasteiger partial charge < -0.3 is 4.74 Å². The summed E-state index contributed by atoms with van der Waals surface area (Å²) < 4.78 is 8.59. The number of hydrogen-bond donors (Lipinski definition) is 0. The number of nitrogens with zero attached hydrogens (tertiary/aromatic N) is 2. The lowest BCUT2D eigenvalue weighted by molar-refractivity contribution is 0.0342. The standard InChI is InChI=1S/C25H26ClIN2O3/c1-4-19-17-20-21(27)13-10-14-22(20)28(19)29(23(30)18-11-6-5-7-12-18)24(31)32-25(2,3)15-8-9-16-26/h5-7,9-14,16-17H,4,8,15H2,1-3H3/b16-9+. The Bertz CT molecular complexity index is 1140. The van der Waals surface area contributed by atoms with E-state index in [1.165, 1.54) is 5.54 Å². The lowest BCUT2D eigenvalue weighted by atomic mass is 10.0. The Labute approximate surface area is 207 Å². The van der Waals surface area contributed by atoms with Crippen LogP contribution in [0.3, 0.4) is 0 Å². The zero-order valence-corrected chi connectivity index (χ0v) is 21.3. The second-order valence-electron chi connectivity index (χ2n) is 7.98. The number of fused-ring (bicyclic) bond motifs is 1. The first-order valence-electron chi connectivity index (χ1n) is 10.5. The molecule has 0 saturated carbocycles. The molecule has 2 aromatic carbocycles. The first-order valence-corrected chi connectivity index (χ1v) is 12.0. The van der Waals surface area contributed by atoms with E-state index in [1.807, 2.05) is 51.1 Å². The van der Waals surface area contributed by atoms with E-state index in [1.54, 1.807) is 35.0 Å². The van der Waals surface area contributed by atoms with Crippen molar-refractivity contribution in [1.82, 2.24) is 4.68 Å². The predicted molar refractivity (Wildman–Crippen MR) is 138 cm³/mol. The van der Waals surface area contributed by atoms with Crippen molar-refractivity contribution in [1.29, 1.82) is 0 Å². The number of aromatic nitrogens is 1. The highest BCUT2D eigenvalue weighted by Gasteiger charge is 2.33. The maximum atomic E-state index is 13.6. The number of imide groups is 1. The predicted octanol–water partition coefficient (Wildman–Crippen LogP) is 7.03. The minimum atomic E-state index is -0.785. The average molecular weight is 565 g/mol. The lowest BCUT2D eigenvalue weighted by Gasteiger charge is -2.30. The molecule has 0 aliphatic heterocycles. The zero-order chi connectivity index (χ0) is 23.3. The Hall–Kier alpha value is -2.32. The Morgan fingerprint density at radius 3 is 2.53 bits per heavy atom. The second-order valence-corrected chi connectivity index (χ2v) is 9.40. The quantitative estimate of drug-likeness (QED) is 0.289. The molecule has 0 N–H and O–H groups in total. The van der Waals surface area contributed by atoms with Gasteiger partial charge in [-0.05, 0) is 86.0 Å². The number of aryl methyl sites for hydroxylation is 1. The molecule has 3 rings (SSSR count). The fourth-order valence-corrected chi connectivity index (χ4v) is 4.27. The van der Waals surface area contributed by atoms with Gasteiger partial charge in [-0.15, -0.1) is 5.01 Å². The molecule has 7 heteroatoms. The molecule has 5 nitrogen and oxygen atoms in total. The van der Waals surface area contributed by atoms with E-state index in [2.05, 4.69) is 22.6 Å². The molecule has 0 fully saturated rings. The molecule has 0 aliphatic rings. The average Bonchev–Trinajstić information content (AvgIpc) is 3.14. The van der Waals surface area contributed by atoms with Gasteiger partial charge in [-0.2, -0.15) is 0 Å². The van der Waals surface area contributed by atoms with Crippen molar-refractivity contribution < 1.29 is 14.3 Å². The summed E-state index contributed by atoms with van der Waals surface area (Å²) in [7, 11) is 0. The number of hydrogen-bond acceptors (Lipinski definition) is 3. The van der Waals surface area contributed by atoms with Crippen molar-refractivity contribution in [3.8, 4) is 0 Å². The number of carbonyl (C=O) groups is 2. The molecule has 0 spiro atoms. The first-order chi connectivity index (χ1) is 15.3. The number of halogens is 2. The van der Waals surface area contributed by atoms with Gasteiger partial charge >= 0.3 is 6.09 Å². The molecule has 1 heterocycles. The highest BCUT2D eigenvalue weighted by atomic mass is 127. The van der Waals surface area contributed by atoms with Gasteiger partial charge in [0.15, 0.2) is 0 Å². The van der Waals surface area contributed by atoms with Gasteiger partial charge in [0.25, 0.3) is 5.91 Å². The van der Waals surface area contributed by atoms with Crippen LogP contribution in [-0.4, -0.2) is 22.3 Å². The van der Waals surface area contributed by atoms with Crippen LogP contribution < -0.4 is 5.01 Å². The number of allylic oxidation sites excluding steroid dienone is 1. The SMILES string of the molecule is CCc1cc2c(I)cccc2n1N(C(=O)OC(C)(C)CC/C=C/Cl)C(=O)c1ccccc1. The van der Waals surface area contributed by atoms with Crippen molar-refractivity contribution in [3.05, 3.63) is 81.0 Å². The highest BCUT2D eigenvalue weighted by molar-refractivity contribution is 14.1. The monoisotopic (exact) mass is 564 g/mol. The van der Waals surface area contributed by atoms with Crippen LogP contribution in [0.25, 0.3) is 10.9 Å². The van der Waals surface area contributed by atoms with Gasteiger partial charge in [-0.25, -0.2) is 9.47 Å². The summed E-state index contributed by atoms with van der Waals surface area (Å²) in [5, 5.41) is 2.10. The van der Waals surface area contributed by atoms with E-state index in [4.69, 9.17) is 16.3 Å². The van der Waals surface area contributed by atoms with Crippen LogP contribution in [-0.2, 0) is 11.2 Å². The van der Waals surface area contributed by atoms with E-state index >= 15 is 0 Å². The molecule has 0 aliphatic carbocycles. The topological polar surface area (TPSA) is 51.5 Å². The van der Waals surface area contributed by atoms with Crippen LogP contribution in [0.15, 0.2) is 66.2 Å². The first kappa shape index (κ1) is 24.3. The fourth-order valence-electron chi connectivity index (χ4n) is 3.51. The third-order valence-corrected chi connectivity index (χ3v) is 6.27. The number of benzene rings is 2. The number of amides is 2. The molecule has 2 amide bonds. The summed E-state index contributed by atoms with van der Waals surface area (Å²) in [6.45, 7) is 5.65. The molecule has 0 radical (unpaired) electrons. The summed E-state index contributed by atoms with van der Waals surface area (Å²) in [6.07, 6.45) is 2.95. The number of carbonyl (C=O) groups excluding carboxylic acids is 2. The second kappa shape index (κ2) is 10.5. The van der Waals surface area contributed by atoms with Crippen molar-refractivity contribution >= 4 is 57.1 Å². The van der Waals surface area contributed by atoms with Crippen LogP contribution in [0.2, 0.25) is 0 Å². The molecular formula is C25H26ClIN2O3. The van der Waals surface area contributed by atoms with Crippen LogP contribution in [0.5, 0.6) is 0 Å². The molecule has 0 saturated heterocycles. The molecular weight excluding hydrogens is 539 g/mol. The molecule has 0 bridgehead atoms. The Morgan fingerprint density at radius 1 is 1.16 bits per heavy atom. The largest absolute Gasteiger partial charge is 0.442 e. The Kier molecular flexibility index (Phi) is 8.00. The van der Waals surface area contributed by atoms with Crippen LogP contribution in [0.4, 0.5) is 4.79 Å². The van der Waals surface area contributed by atoms with Gasteiger partial charge in [0, 0.05) is 25.7 Å². The van der Waals surface area contributed by atoms with Crippen LogP contribution in [0, 0.1) is 3.57 Å².